The average Bonchev–Trinajstić information content (AvgIpc) is 2.16. The number of unbranched alkanes of at least 4 members (excludes halogenated alkanes) is 1. The first kappa shape index (κ1) is 12.4. The third-order valence-electron chi connectivity index (χ3n) is 1.55. The lowest BCUT2D eigenvalue weighted by molar-refractivity contribution is -0.137. The van der Waals surface area contributed by atoms with Crippen LogP contribution in [0.15, 0.2) is 12.7 Å². The van der Waals surface area contributed by atoms with Crippen LogP contribution in [0.2, 0.25) is 6.04 Å². The van der Waals surface area contributed by atoms with Crippen molar-refractivity contribution in [3.63, 3.8) is 0 Å². The Bertz CT molecular complexity index is 148. The highest BCUT2D eigenvalue weighted by Crippen LogP contribution is 1.96. The number of rotatable bonds is 8. The second kappa shape index (κ2) is 9.47. The molecule has 0 heterocycles. The van der Waals surface area contributed by atoms with Crippen LogP contribution in [0.25, 0.3) is 0 Å². The lowest BCUT2D eigenvalue weighted by atomic mass is 10.4. The van der Waals surface area contributed by atoms with Crippen LogP contribution >= 0.6 is 0 Å². The summed E-state index contributed by atoms with van der Waals surface area (Å²) >= 11 is 0. The first-order valence-corrected chi connectivity index (χ1v) is 6.26. The molecule has 0 amide bonds. The van der Waals surface area contributed by atoms with Gasteiger partial charge in [-0.3, -0.25) is 0 Å². The predicted octanol–water partition coefficient (Wildman–Crippen LogP) is 1.03. The maximum absolute atomic E-state index is 10.6. The Hall–Kier alpha value is -0.613. The van der Waals surface area contributed by atoms with E-state index in [2.05, 4.69) is 6.58 Å². The topological polar surface area (TPSA) is 35.5 Å². The molecule has 0 rings (SSSR count). The summed E-state index contributed by atoms with van der Waals surface area (Å²) in [6.45, 7) is 6.66. The van der Waals surface area contributed by atoms with Crippen LogP contribution in [0.4, 0.5) is 0 Å². The van der Waals surface area contributed by atoms with Gasteiger partial charge in [0.1, 0.15) is 0 Å². The summed E-state index contributed by atoms with van der Waals surface area (Å²) in [6, 6.07) is 1.17. The van der Waals surface area contributed by atoms with Crippen molar-refractivity contribution in [3.05, 3.63) is 12.7 Å². The minimum Gasteiger partial charge on any atom is -0.463 e. The standard InChI is InChI=1S/C9H18O3Si/c1-3-9(10)11-7-5-6-8-13-12-4-2/h3H,1,4-8,13H2,2H3. The molecule has 0 aliphatic carbocycles. The Morgan fingerprint density at radius 1 is 1.54 bits per heavy atom. The molecule has 0 bridgehead atoms. The van der Waals surface area contributed by atoms with Gasteiger partial charge in [-0.15, -0.1) is 0 Å². The molecule has 0 aromatic heterocycles. The Morgan fingerprint density at radius 2 is 2.31 bits per heavy atom. The van der Waals surface area contributed by atoms with Gasteiger partial charge in [-0.25, -0.2) is 4.79 Å². The van der Waals surface area contributed by atoms with Crippen molar-refractivity contribution < 1.29 is 14.0 Å². The fraction of sp³-hybridized carbons (Fsp3) is 0.667. The van der Waals surface area contributed by atoms with Gasteiger partial charge in [-0.2, -0.15) is 0 Å². The molecule has 3 nitrogen and oxygen atoms in total. The van der Waals surface area contributed by atoms with Crippen LogP contribution in [0.5, 0.6) is 0 Å². The quantitative estimate of drug-likeness (QED) is 0.255. The molecule has 76 valence electrons. The van der Waals surface area contributed by atoms with Crippen LogP contribution in [-0.4, -0.2) is 28.9 Å². The van der Waals surface area contributed by atoms with Crippen LogP contribution in [0.1, 0.15) is 19.8 Å². The molecule has 0 spiro atoms. The van der Waals surface area contributed by atoms with Crippen molar-refractivity contribution in [1.82, 2.24) is 0 Å². The first-order chi connectivity index (χ1) is 6.31. The first-order valence-electron chi connectivity index (χ1n) is 4.68. The van der Waals surface area contributed by atoms with Gasteiger partial charge in [0.25, 0.3) is 0 Å². The van der Waals surface area contributed by atoms with Crippen LogP contribution in [0, 0.1) is 0 Å². The number of ether oxygens (including phenoxy) is 1. The predicted molar refractivity (Wildman–Crippen MR) is 55.4 cm³/mol. The molecule has 0 aliphatic heterocycles. The molecule has 0 aliphatic rings. The second-order valence-corrected chi connectivity index (χ2v) is 4.15. The number of hydrogen-bond acceptors (Lipinski definition) is 3. The van der Waals surface area contributed by atoms with Crippen molar-refractivity contribution in [2.24, 2.45) is 0 Å². The minimum absolute atomic E-state index is 0.302. The van der Waals surface area contributed by atoms with Gasteiger partial charge in [0.2, 0.25) is 0 Å². The van der Waals surface area contributed by atoms with Gasteiger partial charge in [-0.05, 0) is 19.4 Å². The SMILES string of the molecule is C=CC(=O)OCCCC[SiH2]OCC. The van der Waals surface area contributed by atoms with E-state index in [1.807, 2.05) is 6.92 Å². The molecule has 0 atom stereocenters. The van der Waals surface area contributed by atoms with Gasteiger partial charge in [0, 0.05) is 12.7 Å². The van der Waals surface area contributed by atoms with Crippen molar-refractivity contribution in [3.8, 4) is 0 Å². The molecular weight excluding hydrogens is 184 g/mol. The highest BCUT2D eigenvalue weighted by molar-refractivity contribution is 6.26. The highest BCUT2D eigenvalue weighted by Gasteiger charge is 1.95. The van der Waals surface area contributed by atoms with E-state index in [0.29, 0.717) is 6.61 Å². The third kappa shape index (κ3) is 9.30. The number of hydrogen-bond donors (Lipinski definition) is 0. The molecule has 0 aromatic rings. The smallest absolute Gasteiger partial charge is 0.330 e. The zero-order chi connectivity index (χ0) is 9.94. The molecule has 4 heteroatoms. The molecule has 0 unspecified atom stereocenters. The molecular formula is C9H18O3Si. The van der Waals surface area contributed by atoms with Gasteiger partial charge in [0.05, 0.1) is 6.61 Å². The fourth-order valence-corrected chi connectivity index (χ4v) is 1.91. The lowest BCUT2D eigenvalue weighted by Crippen LogP contribution is -2.03. The largest absolute Gasteiger partial charge is 0.463 e. The maximum Gasteiger partial charge on any atom is 0.330 e. The molecule has 13 heavy (non-hydrogen) atoms. The van der Waals surface area contributed by atoms with Crippen LogP contribution < -0.4 is 0 Å². The van der Waals surface area contributed by atoms with Crippen molar-refractivity contribution in [2.75, 3.05) is 13.2 Å². The molecule has 0 fully saturated rings. The molecule has 0 N–H and O–H groups in total. The Kier molecular flexibility index (Phi) is 9.03. The number of esters is 1. The van der Waals surface area contributed by atoms with Gasteiger partial charge < -0.3 is 9.16 Å². The summed E-state index contributed by atoms with van der Waals surface area (Å²) < 4.78 is 10.1. The summed E-state index contributed by atoms with van der Waals surface area (Å²) in [7, 11) is -0.302. The van der Waals surface area contributed by atoms with Gasteiger partial charge in [0.15, 0.2) is 9.76 Å². The summed E-state index contributed by atoms with van der Waals surface area (Å²) in [5, 5.41) is 0. The molecule has 0 saturated carbocycles. The van der Waals surface area contributed by atoms with E-state index < -0.39 is 0 Å². The number of carbonyl (C=O) groups excluding carboxylic acids is 1. The molecule has 0 saturated heterocycles. The van der Waals surface area contributed by atoms with E-state index in [1.54, 1.807) is 0 Å². The minimum atomic E-state index is -0.331. The zero-order valence-corrected chi connectivity index (χ0v) is 9.67. The Balaban J connectivity index is 2.99. The summed E-state index contributed by atoms with van der Waals surface area (Å²) in [6.07, 6.45) is 3.21. The normalized spacial score (nSPS) is 10.5. The Labute approximate surface area is 82.1 Å². The van der Waals surface area contributed by atoms with E-state index in [4.69, 9.17) is 9.16 Å². The van der Waals surface area contributed by atoms with Gasteiger partial charge in [-0.1, -0.05) is 13.0 Å². The number of carbonyl (C=O) groups is 1. The van der Waals surface area contributed by atoms with Crippen molar-refractivity contribution in [1.29, 1.82) is 0 Å². The van der Waals surface area contributed by atoms with E-state index in [0.717, 1.165) is 19.4 Å². The van der Waals surface area contributed by atoms with Crippen molar-refractivity contribution >= 4 is 15.7 Å². The lowest BCUT2D eigenvalue weighted by Gasteiger charge is -2.01. The van der Waals surface area contributed by atoms with Gasteiger partial charge >= 0.3 is 5.97 Å². The highest BCUT2D eigenvalue weighted by atomic mass is 28.2. The third-order valence-corrected chi connectivity index (χ3v) is 3.03. The monoisotopic (exact) mass is 202 g/mol. The Morgan fingerprint density at radius 3 is 2.92 bits per heavy atom. The summed E-state index contributed by atoms with van der Waals surface area (Å²) in [5.41, 5.74) is 0. The maximum atomic E-state index is 10.6. The zero-order valence-electron chi connectivity index (χ0n) is 8.25. The van der Waals surface area contributed by atoms with E-state index in [1.165, 1.54) is 12.1 Å². The van der Waals surface area contributed by atoms with E-state index in [9.17, 15) is 4.79 Å². The van der Waals surface area contributed by atoms with Crippen molar-refractivity contribution in [2.45, 2.75) is 25.8 Å². The summed E-state index contributed by atoms with van der Waals surface area (Å²) in [4.78, 5) is 10.6. The van der Waals surface area contributed by atoms with Crippen LogP contribution in [0.3, 0.4) is 0 Å². The average molecular weight is 202 g/mol. The molecule has 0 radical (unpaired) electrons. The van der Waals surface area contributed by atoms with E-state index >= 15 is 0 Å². The second-order valence-electron chi connectivity index (χ2n) is 2.63. The fourth-order valence-electron chi connectivity index (χ4n) is 0.859. The molecule has 0 aromatic carbocycles. The van der Waals surface area contributed by atoms with E-state index in [-0.39, 0.29) is 15.7 Å². The van der Waals surface area contributed by atoms with Crippen LogP contribution in [-0.2, 0) is 14.0 Å². The summed E-state index contributed by atoms with van der Waals surface area (Å²) in [5.74, 6) is -0.331.